The van der Waals surface area contributed by atoms with Gasteiger partial charge in [0.25, 0.3) is 5.91 Å². The molecular weight excluding hydrogens is 733 g/mol. The van der Waals surface area contributed by atoms with E-state index in [1.807, 2.05) is 30.3 Å². The number of fused-ring (bicyclic) bond motifs is 1. The number of nitrogens with one attached hydrogen (secondary N) is 6. The van der Waals surface area contributed by atoms with Crippen LogP contribution in [0.1, 0.15) is 49.4 Å². The van der Waals surface area contributed by atoms with Gasteiger partial charge in [-0.05, 0) is 56.3 Å². The van der Waals surface area contributed by atoms with Gasteiger partial charge in [0.15, 0.2) is 0 Å². The number of carbonyl (C=O) groups is 6. The molecule has 2 aromatic carbocycles. The first-order valence-corrected chi connectivity index (χ1v) is 19.1. The predicted molar refractivity (Wildman–Crippen MR) is 211 cm³/mol. The number of hydrogen-bond acceptors (Lipinski definition) is 9. The zero-order valence-electron chi connectivity index (χ0n) is 31.9. The van der Waals surface area contributed by atoms with Crippen LogP contribution in [0.5, 0.6) is 0 Å². The summed E-state index contributed by atoms with van der Waals surface area (Å²) in [7, 11) is 0. The van der Waals surface area contributed by atoms with Crippen LogP contribution in [0.4, 0.5) is 4.79 Å². The van der Waals surface area contributed by atoms with Crippen LogP contribution in [0.15, 0.2) is 73.3 Å². The number of rotatable bonds is 19. The van der Waals surface area contributed by atoms with Crippen molar-refractivity contribution in [2.45, 2.75) is 82.1 Å². The van der Waals surface area contributed by atoms with Gasteiger partial charge in [0.05, 0.1) is 12.4 Å². The molecule has 18 heteroatoms. The minimum absolute atomic E-state index is 0.0214. The van der Waals surface area contributed by atoms with Crippen LogP contribution in [0.2, 0.25) is 0 Å². The number of imidazole rings is 1. The molecule has 5 atom stereocenters. The summed E-state index contributed by atoms with van der Waals surface area (Å²) in [6.45, 7) is 2.36. The number of aromatic nitrogens is 3. The fourth-order valence-corrected chi connectivity index (χ4v) is 6.70. The fourth-order valence-electron chi connectivity index (χ4n) is 6.70. The molecule has 4 aromatic rings. The number of hydrazine groups is 1. The van der Waals surface area contributed by atoms with Crippen molar-refractivity contribution in [3.8, 4) is 0 Å². The maximum absolute atomic E-state index is 14.2. The van der Waals surface area contributed by atoms with Crippen molar-refractivity contribution in [1.82, 2.24) is 46.2 Å². The number of primary amides is 1. The van der Waals surface area contributed by atoms with Crippen LogP contribution < -0.4 is 38.5 Å². The largest absolute Gasteiger partial charge is 0.368 e. The number of para-hydroxylation sites is 1. The summed E-state index contributed by atoms with van der Waals surface area (Å²) in [4.78, 5) is 90.8. The van der Waals surface area contributed by atoms with Crippen molar-refractivity contribution < 1.29 is 28.8 Å². The molecule has 304 valence electrons. The van der Waals surface area contributed by atoms with Crippen molar-refractivity contribution in [3.63, 3.8) is 0 Å². The van der Waals surface area contributed by atoms with Gasteiger partial charge in [-0.3, -0.25) is 24.0 Å². The van der Waals surface area contributed by atoms with E-state index >= 15 is 0 Å². The molecule has 2 aromatic heterocycles. The molecule has 0 unspecified atom stereocenters. The molecule has 0 bridgehead atoms. The van der Waals surface area contributed by atoms with Gasteiger partial charge in [-0.25, -0.2) is 19.8 Å². The number of benzene rings is 2. The lowest BCUT2D eigenvalue weighted by Crippen LogP contribution is -2.60. The fraction of sp³-hybridized carbons (Fsp3) is 0.410. The lowest BCUT2D eigenvalue weighted by molar-refractivity contribution is -0.141. The van der Waals surface area contributed by atoms with Gasteiger partial charge in [0.1, 0.15) is 24.2 Å². The number of unbranched alkanes of at least 4 members (excludes halogenated alkanes) is 1. The van der Waals surface area contributed by atoms with E-state index in [-0.39, 0.29) is 38.8 Å². The minimum atomic E-state index is -1.22. The molecule has 0 spiro atoms. The molecule has 18 nitrogen and oxygen atoms in total. The zero-order valence-corrected chi connectivity index (χ0v) is 31.9. The van der Waals surface area contributed by atoms with E-state index in [1.165, 1.54) is 23.3 Å². The first kappa shape index (κ1) is 41.9. The predicted octanol–water partition coefficient (Wildman–Crippen LogP) is -0.138. The topological polar surface area (TPSA) is 280 Å². The molecule has 5 rings (SSSR count). The Labute approximate surface area is 330 Å². The molecule has 1 aliphatic rings. The lowest BCUT2D eigenvalue weighted by Gasteiger charge is -2.31. The maximum Gasteiger partial charge on any atom is 0.336 e. The van der Waals surface area contributed by atoms with Crippen LogP contribution >= 0.6 is 0 Å². The van der Waals surface area contributed by atoms with E-state index < -0.39 is 65.8 Å². The maximum atomic E-state index is 14.2. The summed E-state index contributed by atoms with van der Waals surface area (Å²) in [6.07, 6.45) is 7.05. The number of nitrogens with zero attached hydrogens (tertiary/aromatic N) is 3. The molecule has 1 fully saturated rings. The molecule has 0 radical (unpaired) electrons. The SMILES string of the molecule is C[C@H](NC(=O)N1CCCN1C(=O)[C@@H](N)Cc1cnc[nH]1)C(=O)N[C@@H](Cc1c[nH]c2ccccc12)C(=O)N[C@H](Cc1ccccc1)C(=O)N[C@@H](CCCCN)C(N)=O. The number of carbonyl (C=O) groups excluding carboxylic acids is 6. The van der Waals surface area contributed by atoms with Crippen LogP contribution in [0.25, 0.3) is 10.9 Å². The quantitative estimate of drug-likeness (QED) is 0.0572. The Bertz CT molecular complexity index is 1990. The van der Waals surface area contributed by atoms with E-state index in [2.05, 4.69) is 36.2 Å². The Morgan fingerprint density at radius 3 is 2.16 bits per heavy atom. The summed E-state index contributed by atoms with van der Waals surface area (Å²) >= 11 is 0. The van der Waals surface area contributed by atoms with E-state index in [9.17, 15) is 28.8 Å². The number of hydrogen-bond donors (Lipinski definition) is 9. The Kier molecular flexibility index (Phi) is 14.7. The van der Waals surface area contributed by atoms with Crippen molar-refractivity contribution >= 4 is 46.5 Å². The molecule has 12 N–H and O–H groups in total. The third-order valence-corrected chi connectivity index (χ3v) is 9.82. The summed E-state index contributed by atoms with van der Waals surface area (Å²) in [5.41, 5.74) is 20.4. The number of urea groups is 1. The first-order chi connectivity index (χ1) is 27.4. The zero-order chi connectivity index (χ0) is 40.9. The highest BCUT2D eigenvalue weighted by Crippen LogP contribution is 2.20. The molecule has 57 heavy (non-hydrogen) atoms. The van der Waals surface area contributed by atoms with Crippen molar-refractivity contribution in [3.05, 3.63) is 90.1 Å². The molecule has 1 saturated heterocycles. The van der Waals surface area contributed by atoms with Crippen LogP contribution in [-0.2, 0) is 43.2 Å². The third kappa shape index (κ3) is 11.4. The molecule has 7 amide bonds. The number of amides is 7. The Morgan fingerprint density at radius 2 is 1.46 bits per heavy atom. The highest BCUT2D eigenvalue weighted by Gasteiger charge is 2.36. The average Bonchev–Trinajstić information content (AvgIpc) is 3.99. The van der Waals surface area contributed by atoms with Gasteiger partial charge in [-0.2, -0.15) is 0 Å². The summed E-state index contributed by atoms with van der Waals surface area (Å²) in [6, 6.07) is 10.4. The van der Waals surface area contributed by atoms with Gasteiger partial charge < -0.3 is 48.4 Å². The highest BCUT2D eigenvalue weighted by atomic mass is 16.2. The van der Waals surface area contributed by atoms with Crippen LogP contribution in [-0.4, -0.2) is 110 Å². The summed E-state index contributed by atoms with van der Waals surface area (Å²) < 4.78 is 0. The molecule has 0 aliphatic carbocycles. The van der Waals surface area contributed by atoms with Crippen molar-refractivity contribution in [2.24, 2.45) is 17.2 Å². The van der Waals surface area contributed by atoms with Crippen LogP contribution in [0, 0.1) is 0 Å². The Balaban J connectivity index is 1.32. The lowest BCUT2D eigenvalue weighted by atomic mass is 10.0. The number of nitrogens with two attached hydrogens (primary N) is 3. The van der Waals surface area contributed by atoms with E-state index in [0.29, 0.717) is 31.5 Å². The number of aromatic amines is 2. The van der Waals surface area contributed by atoms with E-state index in [0.717, 1.165) is 22.0 Å². The van der Waals surface area contributed by atoms with Crippen molar-refractivity contribution in [1.29, 1.82) is 0 Å². The first-order valence-electron chi connectivity index (χ1n) is 19.1. The Morgan fingerprint density at radius 1 is 0.789 bits per heavy atom. The molecule has 1 aliphatic heterocycles. The molecular formula is C39H52N12O6. The van der Waals surface area contributed by atoms with Gasteiger partial charge in [-0.15, -0.1) is 0 Å². The normalized spacial score (nSPS) is 15.3. The second-order valence-electron chi connectivity index (χ2n) is 14.1. The van der Waals surface area contributed by atoms with Gasteiger partial charge in [0, 0.05) is 61.3 Å². The molecule has 0 saturated carbocycles. The van der Waals surface area contributed by atoms with Gasteiger partial charge in [0.2, 0.25) is 23.6 Å². The summed E-state index contributed by atoms with van der Waals surface area (Å²) in [5, 5.41) is 14.2. The molecule has 3 heterocycles. The van der Waals surface area contributed by atoms with E-state index in [4.69, 9.17) is 17.2 Å². The highest BCUT2D eigenvalue weighted by molar-refractivity contribution is 5.96. The second kappa shape index (κ2) is 20.1. The Hall–Kier alpha value is -6.27. The second-order valence-corrected chi connectivity index (χ2v) is 14.1. The number of H-pyrrole nitrogens is 2. The monoisotopic (exact) mass is 784 g/mol. The third-order valence-electron chi connectivity index (χ3n) is 9.82. The average molecular weight is 785 g/mol. The van der Waals surface area contributed by atoms with Gasteiger partial charge in [-0.1, -0.05) is 48.5 Å². The summed E-state index contributed by atoms with van der Waals surface area (Å²) in [5.74, 6) is -3.17. The smallest absolute Gasteiger partial charge is 0.336 e. The van der Waals surface area contributed by atoms with Crippen molar-refractivity contribution in [2.75, 3.05) is 19.6 Å². The van der Waals surface area contributed by atoms with Gasteiger partial charge >= 0.3 is 6.03 Å². The van der Waals surface area contributed by atoms with Crippen LogP contribution in [0.3, 0.4) is 0 Å². The standard InChI is InChI=1S/C39H52N12O6/c1-24(46-39(57)51-17-9-16-50(51)38(56)29(41)20-27-22-43-23-45-27)35(53)48-33(19-26-21-44-30-13-6-5-12-28(26)30)37(55)49-32(18-25-10-3-2-4-11-25)36(54)47-31(34(42)52)14-7-8-15-40/h2-6,10-13,21-24,29,31-33,44H,7-9,14-20,40-41H2,1H3,(H2,42,52)(H,43,45)(H,46,57)(H,47,54)(H,48,53)(H,49,55)/t24-,29-,31-,32+,33-/m0/s1. The minimum Gasteiger partial charge on any atom is -0.368 e. The van der Waals surface area contributed by atoms with E-state index in [1.54, 1.807) is 36.7 Å².